The zero-order valence-corrected chi connectivity index (χ0v) is 19.6. The number of nitrogens with one attached hydrogen (secondary N) is 1. The molecule has 7 nitrogen and oxygen atoms in total. The number of carbonyl (C=O) groups excluding carboxylic acids is 1. The molecule has 2 N–H and O–H groups in total. The summed E-state index contributed by atoms with van der Waals surface area (Å²) in [6, 6.07) is 12.9. The number of carbonyl (C=O) groups is 2. The van der Waals surface area contributed by atoms with Gasteiger partial charge in [-0.15, -0.1) is 11.6 Å². The van der Waals surface area contributed by atoms with Gasteiger partial charge in [0.05, 0.1) is 23.3 Å². The lowest BCUT2D eigenvalue weighted by Crippen LogP contribution is -2.21. The van der Waals surface area contributed by atoms with E-state index in [-0.39, 0.29) is 46.1 Å². The average molecular weight is 513 g/mol. The molecule has 0 unspecified atom stereocenters. The lowest BCUT2D eigenvalue weighted by molar-refractivity contribution is -0.114. The van der Waals surface area contributed by atoms with Gasteiger partial charge >= 0.3 is 5.97 Å². The smallest absolute Gasteiger partial charge is 0.341 e. The molecule has 1 aromatic heterocycles. The van der Waals surface area contributed by atoms with E-state index in [2.05, 4.69) is 5.32 Å². The van der Waals surface area contributed by atoms with Gasteiger partial charge in [-0.2, -0.15) is 0 Å². The minimum Gasteiger partial charge on any atom is -0.477 e. The number of fused-ring (bicyclic) bond motifs is 1. The Kier molecular flexibility index (Phi) is 7.03. The van der Waals surface area contributed by atoms with Crippen molar-refractivity contribution in [3.05, 3.63) is 99.3 Å². The highest BCUT2D eigenvalue weighted by atomic mass is 35.5. The standard InChI is InChI=1S/C26H19ClF2N2O5/c1-14(32)30-15-5-7-16(8-6-15)36-23-10-9-22-24(17(23)11-27)25(33)19(26(34)35)13-31(22)12-18-20(28)3-2-4-21(18)29/h2-10,13H,11-12H2,1H3,(H,30,32)(H,34,35). The number of aromatic carboxylic acids is 1. The van der Waals surface area contributed by atoms with E-state index in [1.54, 1.807) is 24.3 Å². The van der Waals surface area contributed by atoms with E-state index >= 15 is 0 Å². The first-order valence-corrected chi connectivity index (χ1v) is 11.2. The van der Waals surface area contributed by atoms with Crippen molar-refractivity contribution in [3.8, 4) is 11.5 Å². The van der Waals surface area contributed by atoms with Crippen LogP contribution in [-0.4, -0.2) is 21.6 Å². The first-order valence-electron chi connectivity index (χ1n) is 10.7. The van der Waals surface area contributed by atoms with Crippen LogP contribution in [0.3, 0.4) is 0 Å². The Labute approximate surface area is 208 Å². The molecule has 36 heavy (non-hydrogen) atoms. The molecule has 3 aromatic carbocycles. The normalized spacial score (nSPS) is 10.9. The van der Waals surface area contributed by atoms with Gasteiger partial charge < -0.3 is 19.7 Å². The molecular formula is C26H19ClF2N2O5. The van der Waals surface area contributed by atoms with Crippen LogP contribution >= 0.6 is 11.6 Å². The van der Waals surface area contributed by atoms with E-state index in [4.69, 9.17) is 16.3 Å². The molecule has 0 spiro atoms. The molecule has 1 amide bonds. The Morgan fingerprint density at radius 1 is 1.03 bits per heavy atom. The highest BCUT2D eigenvalue weighted by molar-refractivity contribution is 6.18. The van der Waals surface area contributed by atoms with Crippen molar-refractivity contribution < 1.29 is 28.2 Å². The van der Waals surface area contributed by atoms with Crippen LogP contribution in [0.4, 0.5) is 14.5 Å². The van der Waals surface area contributed by atoms with E-state index in [0.717, 1.165) is 18.3 Å². The van der Waals surface area contributed by atoms with Gasteiger partial charge in [-0.05, 0) is 48.5 Å². The van der Waals surface area contributed by atoms with E-state index in [0.29, 0.717) is 11.4 Å². The van der Waals surface area contributed by atoms with Crippen molar-refractivity contribution in [1.82, 2.24) is 4.57 Å². The van der Waals surface area contributed by atoms with Crippen molar-refractivity contribution in [1.29, 1.82) is 0 Å². The van der Waals surface area contributed by atoms with Crippen LogP contribution in [0.1, 0.15) is 28.4 Å². The van der Waals surface area contributed by atoms with Crippen LogP contribution in [0.15, 0.2) is 65.6 Å². The quantitative estimate of drug-likeness (QED) is 0.318. The summed E-state index contributed by atoms with van der Waals surface area (Å²) in [5.41, 5.74) is -0.661. The lowest BCUT2D eigenvalue weighted by atomic mass is 10.0. The van der Waals surface area contributed by atoms with Crippen LogP contribution in [0.25, 0.3) is 10.9 Å². The van der Waals surface area contributed by atoms with E-state index in [9.17, 15) is 28.3 Å². The number of hydrogen-bond donors (Lipinski definition) is 2. The third kappa shape index (κ3) is 4.92. The molecule has 4 rings (SSSR count). The van der Waals surface area contributed by atoms with Crippen molar-refractivity contribution in [2.24, 2.45) is 0 Å². The number of carboxylic acid groups (broad SMARTS) is 1. The summed E-state index contributed by atoms with van der Waals surface area (Å²) in [4.78, 5) is 36.2. The van der Waals surface area contributed by atoms with E-state index < -0.39 is 28.6 Å². The average Bonchev–Trinajstić information content (AvgIpc) is 2.83. The number of amides is 1. The van der Waals surface area contributed by atoms with Crippen molar-refractivity contribution in [3.63, 3.8) is 0 Å². The highest BCUT2D eigenvalue weighted by Crippen LogP contribution is 2.33. The second kappa shape index (κ2) is 10.2. The zero-order valence-electron chi connectivity index (χ0n) is 18.8. The number of hydrogen-bond acceptors (Lipinski definition) is 4. The number of anilines is 1. The molecule has 0 atom stereocenters. The second-order valence-corrected chi connectivity index (χ2v) is 8.15. The van der Waals surface area contributed by atoms with E-state index in [1.165, 1.54) is 29.7 Å². The van der Waals surface area contributed by atoms with Crippen molar-refractivity contribution in [2.75, 3.05) is 5.32 Å². The van der Waals surface area contributed by atoms with Gasteiger partial charge in [0, 0.05) is 29.9 Å². The molecule has 0 bridgehead atoms. The number of rotatable bonds is 7. The minimum atomic E-state index is -1.50. The molecule has 0 fully saturated rings. The summed E-state index contributed by atoms with van der Waals surface area (Å²) in [6.07, 6.45) is 1.05. The van der Waals surface area contributed by atoms with Crippen molar-refractivity contribution in [2.45, 2.75) is 19.3 Å². The monoisotopic (exact) mass is 512 g/mol. The first-order chi connectivity index (χ1) is 17.2. The SMILES string of the molecule is CC(=O)Nc1ccc(Oc2ccc3c(c2CCl)c(=O)c(C(=O)O)cn3Cc2c(F)cccc2F)cc1. The van der Waals surface area contributed by atoms with Crippen molar-refractivity contribution >= 4 is 40.1 Å². The summed E-state index contributed by atoms with van der Waals surface area (Å²) in [5.74, 6) is -2.97. The van der Waals surface area contributed by atoms with Gasteiger partial charge in [0.1, 0.15) is 28.7 Å². The maximum Gasteiger partial charge on any atom is 0.341 e. The molecule has 10 heteroatoms. The Morgan fingerprint density at radius 3 is 2.28 bits per heavy atom. The third-order valence-electron chi connectivity index (χ3n) is 5.47. The zero-order chi connectivity index (χ0) is 26.0. The van der Waals surface area contributed by atoms with Gasteiger partial charge in [0.15, 0.2) is 0 Å². The Balaban J connectivity index is 1.85. The summed E-state index contributed by atoms with van der Waals surface area (Å²) >= 11 is 6.18. The summed E-state index contributed by atoms with van der Waals surface area (Å²) < 4.78 is 35.9. The van der Waals surface area contributed by atoms with E-state index in [1.807, 2.05) is 0 Å². The number of aromatic nitrogens is 1. The van der Waals surface area contributed by atoms with Gasteiger partial charge in [0.2, 0.25) is 11.3 Å². The number of pyridine rings is 1. The van der Waals surface area contributed by atoms with Gasteiger partial charge in [-0.3, -0.25) is 9.59 Å². The number of ether oxygens (including phenoxy) is 1. The van der Waals surface area contributed by atoms with Crippen LogP contribution in [0.2, 0.25) is 0 Å². The minimum absolute atomic E-state index is 0.0333. The number of benzene rings is 3. The Morgan fingerprint density at radius 2 is 1.69 bits per heavy atom. The molecule has 0 saturated heterocycles. The molecule has 0 aliphatic rings. The topological polar surface area (TPSA) is 97.6 Å². The predicted molar refractivity (Wildman–Crippen MR) is 131 cm³/mol. The van der Waals surface area contributed by atoms with Gasteiger partial charge in [-0.1, -0.05) is 6.07 Å². The van der Waals surface area contributed by atoms with Crippen LogP contribution in [0.5, 0.6) is 11.5 Å². The number of alkyl halides is 1. The lowest BCUT2D eigenvalue weighted by Gasteiger charge is -2.17. The summed E-state index contributed by atoms with van der Waals surface area (Å²) in [7, 11) is 0. The molecule has 0 aliphatic heterocycles. The Hall–Kier alpha value is -4.24. The largest absolute Gasteiger partial charge is 0.477 e. The predicted octanol–water partition coefficient (Wildman–Crippen LogP) is 5.52. The fourth-order valence-corrected chi connectivity index (χ4v) is 4.09. The van der Waals surface area contributed by atoms with Crippen LogP contribution in [0, 0.1) is 11.6 Å². The highest BCUT2D eigenvalue weighted by Gasteiger charge is 2.21. The number of carboxylic acids is 1. The molecule has 0 radical (unpaired) electrons. The maximum absolute atomic E-state index is 14.3. The van der Waals surface area contributed by atoms with Crippen LogP contribution in [-0.2, 0) is 17.2 Å². The molecular weight excluding hydrogens is 494 g/mol. The number of nitrogens with zero attached hydrogens (tertiary/aromatic N) is 1. The fourth-order valence-electron chi connectivity index (χ4n) is 3.83. The summed E-state index contributed by atoms with van der Waals surface area (Å²) in [6.45, 7) is 1.02. The molecule has 4 aromatic rings. The molecule has 0 aliphatic carbocycles. The van der Waals surface area contributed by atoms with Gasteiger partial charge in [0.25, 0.3) is 0 Å². The number of halogens is 3. The Bertz CT molecular complexity index is 1530. The van der Waals surface area contributed by atoms with Gasteiger partial charge in [-0.25, -0.2) is 13.6 Å². The molecule has 1 heterocycles. The first kappa shape index (κ1) is 24.9. The fraction of sp³-hybridized carbons (Fsp3) is 0.115. The summed E-state index contributed by atoms with van der Waals surface area (Å²) in [5, 5.41) is 12.2. The third-order valence-corrected chi connectivity index (χ3v) is 5.74. The molecule has 0 saturated carbocycles. The molecule has 184 valence electrons. The second-order valence-electron chi connectivity index (χ2n) is 7.88. The maximum atomic E-state index is 14.3. The van der Waals surface area contributed by atoms with Crippen LogP contribution < -0.4 is 15.5 Å².